The minimum Gasteiger partial charge on any atom is -0.489 e. The predicted molar refractivity (Wildman–Crippen MR) is 103 cm³/mol. The Morgan fingerprint density at radius 2 is 1.92 bits per heavy atom. The van der Waals surface area contributed by atoms with E-state index in [-0.39, 0.29) is 27.5 Å². The third-order valence-electron chi connectivity index (χ3n) is 4.45. The smallest absolute Gasteiger partial charge is 0.412 e. The van der Waals surface area contributed by atoms with Crippen molar-refractivity contribution in [2.45, 2.75) is 38.6 Å². The number of anilines is 1. The van der Waals surface area contributed by atoms with Crippen LogP contribution in [0.5, 0.6) is 5.75 Å². The number of amides is 1. The summed E-state index contributed by atoms with van der Waals surface area (Å²) in [7, 11) is 1.41. The molecule has 0 saturated heterocycles. The number of unbranched alkanes of at least 4 members (excludes halogenated alkanes) is 1. The zero-order valence-electron chi connectivity index (χ0n) is 14.6. The third-order valence-corrected chi connectivity index (χ3v) is 5.17. The predicted octanol–water partition coefficient (Wildman–Crippen LogP) is 4.94. The molecule has 0 radical (unpaired) electrons. The number of nitrogens with zero attached hydrogens (tertiary/aromatic N) is 2. The summed E-state index contributed by atoms with van der Waals surface area (Å²) in [4.78, 5) is 25.8. The van der Waals surface area contributed by atoms with Crippen LogP contribution < -0.4 is 15.2 Å². The number of rotatable bonds is 6. The molecule has 1 heterocycles. The van der Waals surface area contributed by atoms with E-state index in [1.165, 1.54) is 17.7 Å². The number of hydrogen-bond acceptors (Lipinski definition) is 3. The molecule has 1 aromatic carbocycles. The van der Waals surface area contributed by atoms with E-state index < -0.39 is 6.09 Å². The van der Waals surface area contributed by atoms with Crippen LogP contribution in [0.15, 0.2) is 16.9 Å². The van der Waals surface area contributed by atoms with Gasteiger partial charge in [-0.3, -0.25) is 14.3 Å². The zero-order valence-corrected chi connectivity index (χ0v) is 16.1. The summed E-state index contributed by atoms with van der Waals surface area (Å²) in [6, 6.07) is 3.06. The lowest BCUT2D eigenvalue weighted by atomic mass is 10.1. The lowest BCUT2D eigenvalue weighted by molar-refractivity contribution is 0.202. The molecule has 1 saturated carbocycles. The Bertz CT molecular complexity index is 922. The van der Waals surface area contributed by atoms with E-state index >= 15 is 0 Å². The first-order chi connectivity index (χ1) is 12.4. The number of carbonyl (C=O) groups is 1. The van der Waals surface area contributed by atoms with Crippen molar-refractivity contribution in [2.24, 2.45) is 0 Å². The van der Waals surface area contributed by atoms with Gasteiger partial charge < -0.3 is 9.84 Å². The van der Waals surface area contributed by atoms with Crippen molar-refractivity contribution in [3.8, 4) is 5.75 Å². The summed E-state index contributed by atoms with van der Waals surface area (Å²) in [5.74, 6) is 0.593. The number of fused-ring (bicyclic) bond motifs is 1. The summed E-state index contributed by atoms with van der Waals surface area (Å²) < 4.78 is 7.48. The Balaban J connectivity index is 2.36. The van der Waals surface area contributed by atoms with Crippen molar-refractivity contribution >= 4 is 45.9 Å². The number of aromatic nitrogens is 1. The molecule has 1 fully saturated rings. The quantitative estimate of drug-likeness (QED) is 0.699. The summed E-state index contributed by atoms with van der Waals surface area (Å²) in [5, 5.41) is 10.9. The van der Waals surface area contributed by atoms with E-state index in [2.05, 4.69) is 0 Å². The van der Waals surface area contributed by atoms with Crippen LogP contribution in [0.2, 0.25) is 10.0 Å². The fourth-order valence-corrected chi connectivity index (χ4v) is 3.23. The molecule has 1 N–H and O–H groups in total. The van der Waals surface area contributed by atoms with E-state index in [1.807, 2.05) is 6.92 Å². The largest absolute Gasteiger partial charge is 0.489 e. The van der Waals surface area contributed by atoms with Gasteiger partial charge in [0, 0.05) is 18.5 Å². The van der Waals surface area contributed by atoms with Crippen molar-refractivity contribution < 1.29 is 14.6 Å². The van der Waals surface area contributed by atoms with Crippen molar-refractivity contribution in [2.75, 3.05) is 18.6 Å². The van der Waals surface area contributed by atoms with Gasteiger partial charge >= 0.3 is 6.09 Å². The Morgan fingerprint density at radius 3 is 2.46 bits per heavy atom. The summed E-state index contributed by atoms with van der Waals surface area (Å²) in [6.45, 7) is 2.45. The van der Waals surface area contributed by atoms with Crippen LogP contribution >= 0.6 is 23.2 Å². The molecular formula is C18H20Cl2N2O4. The Hall–Kier alpha value is -1.92. The zero-order chi connectivity index (χ0) is 19.0. The standard InChI is InChI=1S/C18H20Cl2N2O4/c1-3-4-7-26-15-11-8-13(19)14(20)9-12(11)17(23)22(10-5-6-10)16(15)21(2)18(24)25/h8-10H,3-7H2,1-2H3,(H,24,25). The minimum absolute atomic E-state index is 0.0355. The Morgan fingerprint density at radius 1 is 1.31 bits per heavy atom. The number of benzene rings is 1. The Kier molecular flexibility index (Phi) is 5.34. The second-order valence-corrected chi connectivity index (χ2v) is 7.23. The highest BCUT2D eigenvalue weighted by Gasteiger charge is 2.33. The Labute approximate surface area is 160 Å². The number of hydrogen-bond donors (Lipinski definition) is 1. The molecule has 140 valence electrons. The summed E-state index contributed by atoms with van der Waals surface area (Å²) >= 11 is 12.3. The van der Waals surface area contributed by atoms with Gasteiger partial charge in [-0.25, -0.2) is 4.79 Å². The van der Waals surface area contributed by atoms with Crippen LogP contribution in [-0.4, -0.2) is 29.4 Å². The van der Waals surface area contributed by atoms with E-state index in [4.69, 9.17) is 27.9 Å². The highest BCUT2D eigenvalue weighted by atomic mass is 35.5. The van der Waals surface area contributed by atoms with Crippen LogP contribution in [-0.2, 0) is 0 Å². The average Bonchev–Trinajstić information content (AvgIpc) is 3.42. The molecule has 1 amide bonds. The second-order valence-electron chi connectivity index (χ2n) is 6.41. The highest BCUT2D eigenvalue weighted by Crippen LogP contribution is 2.44. The molecular weight excluding hydrogens is 379 g/mol. The lowest BCUT2D eigenvalue weighted by Crippen LogP contribution is -2.33. The van der Waals surface area contributed by atoms with Gasteiger partial charge in [-0.15, -0.1) is 0 Å². The van der Waals surface area contributed by atoms with Gasteiger partial charge in [-0.1, -0.05) is 36.5 Å². The number of carboxylic acid groups (broad SMARTS) is 1. The van der Waals surface area contributed by atoms with E-state index in [1.54, 1.807) is 6.07 Å². The second kappa shape index (κ2) is 7.37. The topological polar surface area (TPSA) is 71.8 Å². The fraction of sp³-hybridized carbons (Fsp3) is 0.444. The molecule has 0 atom stereocenters. The maximum atomic E-state index is 13.1. The molecule has 0 bridgehead atoms. The van der Waals surface area contributed by atoms with Crippen molar-refractivity contribution in [3.63, 3.8) is 0 Å². The van der Waals surface area contributed by atoms with Crippen LogP contribution in [0.3, 0.4) is 0 Å². The van der Waals surface area contributed by atoms with Crippen LogP contribution in [0.25, 0.3) is 10.8 Å². The van der Waals surface area contributed by atoms with Gasteiger partial charge in [0.1, 0.15) is 0 Å². The molecule has 6 nitrogen and oxygen atoms in total. The van der Waals surface area contributed by atoms with Crippen LogP contribution in [0, 0.1) is 0 Å². The van der Waals surface area contributed by atoms with Gasteiger partial charge in [-0.2, -0.15) is 0 Å². The lowest BCUT2D eigenvalue weighted by Gasteiger charge is -2.24. The van der Waals surface area contributed by atoms with Crippen LogP contribution in [0.4, 0.5) is 10.6 Å². The highest BCUT2D eigenvalue weighted by molar-refractivity contribution is 6.42. The maximum Gasteiger partial charge on any atom is 0.412 e. The van der Waals surface area contributed by atoms with Gasteiger partial charge in [-0.05, 0) is 31.4 Å². The first kappa shape index (κ1) is 18.9. The molecule has 8 heteroatoms. The number of ether oxygens (including phenoxy) is 1. The van der Waals surface area contributed by atoms with Gasteiger partial charge in [0.05, 0.1) is 22.0 Å². The molecule has 2 aromatic rings. The fourth-order valence-electron chi connectivity index (χ4n) is 2.90. The van der Waals surface area contributed by atoms with Crippen molar-refractivity contribution in [1.82, 2.24) is 4.57 Å². The first-order valence-corrected chi connectivity index (χ1v) is 9.29. The SMILES string of the molecule is CCCCOc1c(N(C)C(=O)O)n(C2CC2)c(=O)c2cc(Cl)c(Cl)cc12. The molecule has 0 unspecified atom stereocenters. The van der Waals surface area contributed by atoms with Crippen molar-refractivity contribution in [3.05, 3.63) is 32.5 Å². The monoisotopic (exact) mass is 398 g/mol. The number of halogens is 2. The summed E-state index contributed by atoms with van der Waals surface area (Å²) in [5.41, 5.74) is -0.285. The summed E-state index contributed by atoms with van der Waals surface area (Å²) in [6.07, 6.45) is 2.21. The first-order valence-electron chi connectivity index (χ1n) is 8.53. The molecule has 26 heavy (non-hydrogen) atoms. The minimum atomic E-state index is -1.17. The molecule has 1 aliphatic carbocycles. The van der Waals surface area contributed by atoms with E-state index in [0.29, 0.717) is 23.1 Å². The third kappa shape index (κ3) is 3.35. The normalized spacial score (nSPS) is 13.8. The average molecular weight is 399 g/mol. The molecule has 3 rings (SSSR count). The van der Waals surface area contributed by atoms with Crippen LogP contribution in [0.1, 0.15) is 38.6 Å². The molecule has 0 spiro atoms. The number of pyridine rings is 1. The molecule has 1 aliphatic rings. The maximum absolute atomic E-state index is 13.1. The van der Waals surface area contributed by atoms with Crippen molar-refractivity contribution in [1.29, 1.82) is 0 Å². The van der Waals surface area contributed by atoms with E-state index in [0.717, 1.165) is 30.6 Å². The van der Waals surface area contributed by atoms with Gasteiger partial charge in [0.2, 0.25) is 0 Å². The molecule has 1 aromatic heterocycles. The van der Waals surface area contributed by atoms with E-state index in [9.17, 15) is 14.7 Å². The van der Waals surface area contributed by atoms with Gasteiger partial charge in [0.25, 0.3) is 5.56 Å². The van der Waals surface area contributed by atoms with Gasteiger partial charge in [0.15, 0.2) is 11.6 Å². The molecule has 0 aliphatic heterocycles.